The van der Waals surface area contributed by atoms with Gasteiger partial charge in [0.2, 0.25) is 5.78 Å². The number of aromatic amines is 1. The van der Waals surface area contributed by atoms with Crippen LogP contribution in [0.5, 0.6) is 0 Å². The maximum Gasteiger partial charge on any atom is 0.219 e. The zero-order chi connectivity index (χ0) is 15.0. The van der Waals surface area contributed by atoms with Crippen LogP contribution in [0.3, 0.4) is 0 Å². The lowest BCUT2D eigenvalue weighted by Gasteiger charge is -2.34. The first-order chi connectivity index (χ1) is 9.96. The number of fused-ring (bicyclic) bond motifs is 1. The number of H-pyrrole nitrogens is 1. The quantitative estimate of drug-likeness (QED) is 0.835. The van der Waals surface area contributed by atoms with E-state index in [-0.39, 0.29) is 5.78 Å². The summed E-state index contributed by atoms with van der Waals surface area (Å²) in [4.78, 5) is 17.5. The summed E-state index contributed by atoms with van der Waals surface area (Å²) >= 11 is 0. The van der Waals surface area contributed by atoms with Gasteiger partial charge in [-0.25, -0.2) is 0 Å². The summed E-state index contributed by atoms with van der Waals surface area (Å²) in [5, 5.41) is 1.07. The number of carbonyl (C=O) groups excluding carboxylic acids is 1. The molecule has 1 fully saturated rings. The molecule has 0 radical (unpaired) electrons. The molecule has 1 aromatic heterocycles. The molecule has 1 saturated heterocycles. The van der Waals surface area contributed by atoms with Crippen LogP contribution in [0.25, 0.3) is 10.9 Å². The van der Waals surface area contributed by atoms with Crippen molar-refractivity contribution in [3.8, 4) is 0 Å². The number of aromatic nitrogens is 1. The fraction of sp³-hybridized carbons (Fsp3) is 0.500. The summed E-state index contributed by atoms with van der Waals surface area (Å²) in [5.41, 5.74) is 3.31. The van der Waals surface area contributed by atoms with Crippen molar-refractivity contribution >= 4 is 16.7 Å². The molecule has 3 rings (SSSR count). The molecule has 2 aromatic rings. The lowest BCUT2D eigenvalue weighted by molar-refractivity contribution is -0.903. The molecule has 0 bridgehead atoms. The third-order valence-corrected chi connectivity index (χ3v) is 4.70. The summed E-state index contributed by atoms with van der Waals surface area (Å²) in [6, 6.07) is 8.09. The van der Waals surface area contributed by atoms with Crippen molar-refractivity contribution in [2.45, 2.75) is 33.6 Å². The van der Waals surface area contributed by atoms with E-state index in [1.807, 2.05) is 31.2 Å². The van der Waals surface area contributed by atoms with Crippen LogP contribution < -0.4 is 4.90 Å². The Hall–Kier alpha value is -1.61. The van der Waals surface area contributed by atoms with Crippen LogP contribution in [-0.4, -0.2) is 30.4 Å². The van der Waals surface area contributed by atoms with E-state index in [0.717, 1.165) is 35.2 Å². The van der Waals surface area contributed by atoms with Gasteiger partial charge in [0.15, 0.2) is 0 Å². The number of benzene rings is 1. The molecule has 0 saturated carbocycles. The monoisotopic (exact) mass is 285 g/mol. The van der Waals surface area contributed by atoms with Crippen molar-refractivity contribution in [3.05, 3.63) is 35.5 Å². The van der Waals surface area contributed by atoms with Crippen LogP contribution in [0.2, 0.25) is 0 Å². The molecule has 3 nitrogen and oxygen atoms in total. The van der Waals surface area contributed by atoms with E-state index in [9.17, 15) is 4.79 Å². The topological polar surface area (TPSA) is 37.3 Å². The highest BCUT2D eigenvalue weighted by Crippen LogP contribution is 2.23. The first-order valence-corrected chi connectivity index (χ1v) is 7.90. The van der Waals surface area contributed by atoms with E-state index < -0.39 is 0 Å². The Morgan fingerprint density at radius 3 is 2.86 bits per heavy atom. The highest BCUT2D eigenvalue weighted by atomic mass is 16.1. The molecule has 1 aliphatic rings. The fourth-order valence-corrected chi connectivity index (χ4v) is 3.77. The van der Waals surface area contributed by atoms with E-state index in [1.54, 1.807) is 0 Å². The van der Waals surface area contributed by atoms with E-state index in [1.165, 1.54) is 17.7 Å². The summed E-state index contributed by atoms with van der Waals surface area (Å²) < 4.78 is 0. The number of carbonyl (C=O) groups is 1. The van der Waals surface area contributed by atoms with Gasteiger partial charge in [-0.05, 0) is 25.8 Å². The van der Waals surface area contributed by atoms with Crippen LogP contribution in [-0.2, 0) is 0 Å². The largest absolute Gasteiger partial charge is 0.358 e. The first-order valence-electron chi connectivity index (χ1n) is 7.90. The Labute approximate surface area is 126 Å². The summed E-state index contributed by atoms with van der Waals surface area (Å²) in [6.07, 6.45) is 2.50. The maximum atomic E-state index is 12.8. The van der Waals surface area contributed by atoms with E-state index in [2.05, 4.69) is 18.8 Å². The number of hydrogen-bond donors (Lipinski definition) is 2. The van der Waals surface area contributed by atoms with Crippen molar-refractivity contribution in [1.82, 2.24) is 4.98 Å². The van der Waals surface area contributed by atoms with Gasteiger partial charge in [0.05, 0.1) is 18.7 Å². The van der Waals surface area contributed by atoms with Crippen LogP contribution in [0.4, 0.5) is 0 Å². The van der Waals surface area contributed by atoms with Gasteiger partial charge in [0.25, 0.3) is 0 Å². The minimum atomic E-state index is 0.276. The molecule has 0 spiro atoms. The minimum absolute atomic E-state index is 0.276. The fourth-order valence-electron chi connectivity index (χ4n) is 3.77. The standard InChI is InChI=1S/C18H24N2O/c1-13-17(14-7-4-5-8-15(14)19-13)16(21)11-20-10-6-9-18(2,3)12-20/h4-5,7-8,19H,6,9-12H2,1-3H3/p+1. The zero-order valence-corrected chi connectivity index (χ0v) is 13.3. The van der Waals surface area contributed by atoms with Gasteiger partial charge in [-0.15, -0.1) is 0 Å². The average Bonchev–Trinajstić information content (AvgIpc) is 2.73. The van der Waals surface area contributed by atoms with E-state index >= 15 is 0 Å². The smallest absolute Gasteiger partial charge is 0.219 e. The van der Waals surface area contributed by atoms with Gasteiger partial charge in [-0.1, -0.05) is 32.0 Å². The molecule has 1 aromatic carbocycles. The number of hydrogen-bond acceptors (Lipinski definition) is 1. The minimum Gasteiger partial charge on any atom is -0.358 e. The molecule has 112 valence electrons. The van der Waals surface area contributed by atoms with E-state index in [4.69, 9.17) is 0 Å². The molecular weight excluding hydrogens is 260 g/mol. The number of piperidine rings is 1. The first kappa shape index (κ1) is 14.3. The van der Waals surface area contributed by atoms with Crippen LogP contribution in [0.1, 0.15) is 42.7 Å². The Morgan fingerprint density at radius 1 is 1.33 bits per heavy atom. The molecule has 0 aliphatic carbocycles. The Bertz CT molecular complexity index is 669. The molecule has 1 aliphatic heterocycles. The second-order valence-electron chi connectivity index (χ2n) is 7.22. The summed E-state index contributed by atoms with van der Waals surface area (Å²) in [7, 11) is 0. The maximum absolute atomic E-state index is 12.8. The highest BCUT2D eigenvalue weighted by molar-refractivity contribution is 6.09. The van der Waals surface area contributed by atoms with Gasteiger partial charge in [0.1, 0.15) is 6.54 Å². The lowest BCUT2D eigenvalue weighted by atomic mass is 9.84. The van der Waals surface area contributed by atoms with Crippen molar-refractivity contribution in [2.75, 3.05) is 19.6 Å². The number of nitrogens with one attached hydrogen (secondary N) is 2. The third kappa shape index (κ3) is 2.88. The van der Waals surface area contributed by atoms with E-state index in [0.29, 0.717) is 12.0 Å². The van der Waals surface area contributed by atoms with Crippen molar-refractivity contribution in [2.24, 2.45) is 5.41 Å². The van der Waals surface area contributed by atoms with Crippen molar-refractivity contribution < 1.29 is 9.69 Å². The molecular formula is C18H25N2O+. The van der Waals surface area contributed by atoms with Gasteiger partial charge >= 0.3 is 0 Å². The van der Waals surface area contributed by atoms with Crippen LogP contribution in [0.15, 0.2) is 24.3 Å². The number of Topliss-reactive ketones (excluding diaryl/α,β-unsaturated/α-hetero) is 1. The normalized spacial score (nSPS) is 21.6. The van der Waals surface area contributed by atoms with Crippen LogP contribution >= 0.6 is 0 Å². The molecule has 1 atom stereocenters. The average molecular weight is 285 g/mol. The molecule has 21 heavy (non-hydrogen) atoms. The summed E-state index contributed by atoms with van der Waals surface area (Å²) in [6.45, 7) is 9.46. The number of aryl methyl sites for hydroxylation is 1. The van der Waals surface area contributed by atoms with Gasteiger partial charge in [0, 0.05) is 22.0 Å². The van der Waals surface area contributed by atoms with Gasteiger partial charge < -0.3 is 9.88 Å². The number of rotatable bonds is 3. The van der Waals surface area contributed by atoms with Crippen molar-refractivity contribution in [3.63, 3.8) is 0 Å². The third-order valence-electron chi connectivity index (χ3n) is 4.70. The molecule has 3 heteroatoms. The van der Waals surface area contributed by atoms with Crippen molar-refractivity contribution in [1.29, 1.82) is 0 Å². The van der Waals surface area contributed by atoms with Gasteiger partial charge in [-0.3, -0.25) is 4.79 Å². The summed E-state index contributed by atoms with van der Waals surface area (Å²) in [5.74, 6) is 0.276. The number of ketones is 1. The Morgan fingerprint density at radius 2 is 2.10 bits per heavy atom. The number of likely N-dealkylation sites (tertiary alicyclic amines) is 1. The lowest BCUT2D eigenvalue weighted by Crippen LogP contribution is -3.15. The number of quaternary nitrogens is 1. The Kier molecular flexibility index (Phi) is 3.62. The second-order valence-corrected chi connectivity index (χ2v) is 7.22. The molecule has 2 heterocycles. The van der Waals surface area contributed by atoms with Gasteiger partial charge in [-0.2, -0.15) is 0 Å². The number of para-hydroxylation sites is 1. The predicted octanol–water partition coefficient (Wildman–Crippen LogP) is 2.36. The zero-order valence-electron chi connectivity index (χ0n) is 13.3. The molecule has 1 unspecified atom stereocenters. The predicted molar refractivity (Wildman–Crippen MR) is 85.9 cm³/mol. The molecule has 2 N–H and O–H groups in total. The SMILES string of the molecule is Cc1[nH]c2ccccc2c1C(=O)C[NH+]1CCCC(C)(C)C1. The second kappa shape index (κ2) is 5.30. The Balaban J connectivity index is 1.83. The highest BCUT2D eigenvalue weighted by Gasteiger charge is 2.31. The van der Waals surface area contributed by atoms with Crippen LogP contribution in [0, 0.1) is 12.3 Å². The molecule has 0 amide bonds.